The van der Waals surface area contributed by atoms with Gasteiger partial charge in [-0.15, -0.1) is 0 Å². The van der Waals surface area contributed by atoms with Crippen molar-refractivity contribution in [3.8, 4) is 11.5 Å². The van der Waals surface area contributed by atoms with Crippen LogP contribution in [0.3, 0.4) is 0 Å². The first-order valence-electron chi connectivity index (χ1n) is 13.0. The van der Waals surface area contributed by atoms with E-state index in [2.05, 4.69) is 5.32 Å². The number of hydrogen-bond acceptors (Lipinski definition) is 6. The molecule has 6 nitrogen and oxygen atoms in total. The predicted molar refractivity (Wildman–Crippen MR) is 155 cm³/mol. The number of rotatable bonds is 8. The van der Waals surface area contributed by atoms with Crippen molar-refractivity contribution in [1.82, 2.24) is 5.32 Å². The Labute approximate surface area is 243 Å². The minimum absolute atomic E-state index is 0.00412. The molecule has 2 aliphatic rings. The Morgan fingerprint density at radius 2 is 1.62 bits per heavy atom. The zero-order valence-electron chi connectivity index (χ0n) is 22.2. The van der Waals surface area contributed by atoms with Gasteiger partial charge in [0.1, 0.15) is 24.7 Å². The van der Waals surface area contributed by atoms with E-state index in [1.54, 1.807) is 25.3 Å². The highest BCUT2D eigenvalue weighted by Crippen LogP contribution is 2.46. The first-order chi connectivity index (χ1) is 19.4. The summed E-state index contributed by atoms with van der Waals surface area (Å²) in [5, 5.41) is 4.11. The normalized spacial score (nSPS) is 18.6. The van der Waals surface area contributed by atoms with Crippen LogP contribution in [0.1, 0.15) is 42.7 Å². The van der Waals surface area contributed by atoms with Crippen LogP contribution < -0.4 is 14.8 Å². The molecule has 5 rings (SSSR count). The van der Waals surface area contributed by atoms with Crippen LogP contribution in [0.15, 0.2) is 95.3 Å². The molecule has 1 heterocycles. The minimum Gasteiger partial charge on any atom is -0.497 e. The van der Waals surface area contributed by atoms with Crippen molar-refractivity contribution in [3.05, 3.63) is 117 Å². The third-order valence-corrected chi connectivity index (χ3v) is 7.98. The summed E-state index contributed by atoms with van der Waals surface area (Å²) in [4.78, 5) is 27.3. The molecule has 0 unspecified atom stereocenters. The quantitative estimate of drug-likeness (QED) is 0.230. The van der Waals surface area contributed by atoms with Crippen LogP contribution in [0.25, 0.3) is 0 Å². The summed E-state index contributed by atoms with van der Waals surface area (Å²) in [5.41, 5.74) is 4.11. The number of ketones is 1. The topological polar surface area (TPSA) is 73.9 Å². The zero-order valence-corrected chi connectivity index (χ0v) is 23.7. The molecule has 3 aromatic rings. The van der Waals surface area contributed by atoms with Crippen molar-refractivity contribution in [2.24, 2.45) is 0 Å². The summed E-state index contributed by atoms with van der Waals surface area (Å²) in [6.45, 7) is 2.08. The summed E-state index contributed by atoms with van der Waals surface area (Å²) < 4.78 is 16.6. The van der Waals surface area contributed by atoms with Gasteiger partial charge >= 0.3 is 5.97 Å². The SMILES string of the molecule is COc1ccc([C@@H]2CC(=O)C3=C(C2)NC(C)=C(C(=O)OCCOc2ccccc2)[C@H]3c2ccc(Cl)c(Cl)c2)cc1. The van der Waals surface area contributed by atoms with E-state index in [1.807, 2.05) is 61.5 Å². The van der Waals surface area contributed by atoms with Gasteiger partial charge < -0.3 is 19.5 Å². The van der Waals surface area contributed by atoms with Crippen LogP contribution >= 0.6 is 23.2 Å². The number of benzene rings is 3. The second-order valence-electron chi connectivity index (χ2n) is 9.76. The number of methoxy groups -OCH3 is 1. The van der Waals surface area contributed by atoms with Gasteiger partial charge in [-0.2, -0.15) is 0 Å². The average Bonchev–Trinajstić information content (AvgIpc) is 2.96. The first-order valence-corrected chi connectivity index (χ1v) is 13.8. The fraction of sp³-hybridized carbons (Fsp3) is 0.250. The monoisotopic (exact) mass is 577 g/mol. The molecule has 0 radical (unpaired) electrons. The van der Waals surface area contributed by atoms with Crippen molar-refractivity contribution >= 4 is 35.0 Å². The maximum atomic E-state index is 13.8. The van der Waals surface area contributed by atoms with Crippen molar-refractivity contribution in [1.29, 1.82) is 0 Å². The van der Waals surface area contributed by atoms with E-state index in [9.17, 15) is 9.59 Å². The fourth-order valence-electron chi connectivity index (χ4n) is 5.34. The number of para-hydroxylation sites is 1. The number of halogens is 2. The lowest BCUT2D eigenvalue weighted by molar-refractivity contribution is -0.140. The molecule has 1 aliphatic heterocycles. The van der Waals surface area contributed by atoms with Gasteiger partial charge in [-0.1, -0.05) is 59.6 Å². The molecule has 0 bridgehead atoms. The summed E-state index contributed by atoms with van der Waals surface area (Å²) in [6, 6.07) is 22.3. The van der Waals surface area contributed by atoms with Crippen molar-refractivity contribution in [3.63, 3.8) is 0 Å². The third kappa shape index (κ3) is 5.88. The van der Waals surface area contributed by atoms with Crippen LogP contribution in [0.5, 0.6) is 11.5 Å². The lowest BCUT2D eigenvalue weighted by Gasteiger charge is -2.36. The van der Waals surface area contributed by atoms with Crippen LogP contribution in [0, 0.1) is 0 Å². The van der Waals surface area contributed by atoms with Gasteiger partial charge in [-0.25, -0.2) is 4.79 Å². The Kier molecular flexibility index (Phi) is 8.48. The number of Topliss-reactive ketones (excluding diaryl/α,β-unsaturated/α-hetero) is 1. The Balaban J connectivity index is 1.43. The van der Waals surface area contributed by atoms with Crippen molar-refractivity contribution < 1.29 is 23.8 Å². The fourth-order valence-corrected chi connectivity index (χ4v) is 5.64. The summed E-state index contributed by atoms with van der Waals surface area (Å²) in [5.74, 6) is 0.256. The second kappa shape index (κ2) is 12.2. The van der Waals surface area contributed by atoms with Crippen LogP contribution in [-0.4, -0.2) is 32.1 Å². The van der Waals surface area contributed by atoms with E-state index in [0.717, 1.165) is 17.0 Å². The third-order valence-electron chi connectivity index (χ3n) is 7.24. The highest BCUT2D eigenvalue weighted by Gasteiger charge is 2.41. The lowest BCUT2D eigenvalue weighted by Crippen LogP contribution is -2.36. The molecular formula is C32H29Cl2NO5. The number of nitrogens with one attached hydrogen (secondary N) is 1. The molecule has 3 aromatic carbocycles. The molecule has 0 fully saturated rings. The van der Waals surface area contributed by atoms with Gasteiger partial charge in [0.05, 0.1) is 22.7 Å². The molecule has 2 atom stereocenters. The van der Waals surface area contributed by atoms with Crippen molar-refractivity contribution in [2.75, 3.05) is 20.3 Å². The molecule has 1 N–H and O–H groups in total. The van der Waals surface area contributed by atoms with Gasteiger partial charge in [0.25, 0.3) is 0 Å². The van der Waals surface area contributed by atoms with E-state index >= 15 is 0 Å². The van der Waals surface area contributed by atoms with E-state index in [-0.39, 0.29) is 24.9 Å². The Hall–Kier alpha value is -3.74. The van der Waals surface area contributed by atoms with Gasteiger partial charge in [0, 0.05) is 29.3 Å². The van der Waals surface area contributed by atoms with Crippen molar-refractivity contribution in [2.45, 2.75) is 31.6 Å². The number of hydrogen-bond donors (Lipinski definition) is 1. The van der Waals surface area contributed by atoms with Gasteiger partial charge in [-0.05, 0) is 66.8 Å². The summed E-state index contributed by atoms with van der Waals surface area (Å²) >= 11 is 12.6. The zero-order chi connectivity index (χ0) is 28.2. The van der Waals surface area contributed by atoms with Gasteiger partial charge in [-0.3, -0.25) is 4.79 Å². The number of esters is 1. The van der Waals surface area contributed by atoms with E-state index in [1.165, 1.54) is 0 Å². The first kappa shape index (κ1) is 27.8. The highest BCUT2D eigenvalue weighted by molar-refractivity contribution is 6.42. The van der Waals surface area contributed by atoms with Crippen LogP contribution in [0.2, 0.25) is 10.0 Å². The van der Waals surface area contributed by atoms with E-state index in [0.29, 0.717) is 51.0 Å². The maximum absolute atomic E-state index is 13.8. The maximum Gasteiger partial charge on any atom is 0.336 e. The molecule has 0 amide bonds. The molecule has 0 saturated carbocycles. The predicted octanol–water partition coefficient (Wildman–Crippen LogP) is 6.99. The minimum atomic E-state index is -0.641. The molecular weight excluding hydrogens is 549 g/mol. The molecule has 0 saturated heterocycles. The highest BCUT2D eigenvalue weighted by atomic mass is 35.5. The Bertz CT molecular complexity index is 1480. The van der Waals surface area contributed by atoms with Crippen LogP contribution in [-0.2, 0) is 14.3 Å². The van der Waals surface area contributed by atoms with E-state index < -0.39 is 11.9 Å². The Morgan fingerprint density at radius 1 is 0.900 bits per heavy atom. The number of dihydropyridines is 1. The van der Waals surface area contributed by atoms with E-state index in [4.69, 9.17) is 37.4 Å². The molecule has 40 heavy (non-hydrogen) atoms. The molecule has 0 spiro atoms. The number of carbonyl (C=O) groups is 2. The molecule has 8 heteroatoms. The molecule has 206 valence electrons. The number of allylic oxidation sites excluding steroid dienone is 3. The van der Waals surface area contributed by atoms with Gasteiger partial charge in [0.15, 0.2) is 5.78 Å². The number of carbonyl (C=O) groups excluding carboxylic acids is 2. The standard InChI is InChI=1S/C32H29Cl2NO5/c1-19-29(32(37)40-15-14-39-24-6-4-3-5-7-24)30(21-10-13-25(33)26(34)16-21)31-27(35-19)17-22(18-28(31)36)20-8-11-23(38-2)12-9-20/h3-13,16,22,30,35H,14-15,17-18H2,1-2H3/t22-,30+/m0/s1. The number of ether oxygens (including phenoxy) is 3. The second-order valence-corrected chi connectivity index (χ2v) is 10.6. The molecule has 0 aromatic heterocycles. The summed E-state index contributed by atoms with van der Waals surface area (Å²) in [6.07, 6.45) is 0.937. The van der Waals surface area contributed by atoms with Gasteiger partial charge in [0.2, 0.25) is 0 Å². The molecule has 1 aliphatic carbocycles. The lowest BCUT2D eigenvalue weighted by atomic mass is 9.71. The Morgan fingerprint density at radius 3 is 2.33 bits per heavy atom. The smallest absolute Gasteiger partial charge is 0.336 e. The summed E-state index contributed by atoms with van der Waals surface area (Å²) in [7, 11) is 1.62. The van der Waals surface area contributed by atoms with Crippen LogP contribution in [0.4, 0.5) is 0 Å². The largest absolute Gasteiger partial charge is 0.497 e. The average molecular weight is 578 g/mol.